The van der Waals surface area contributed by atoms with Crippen LogP contribution in [0.15, 0.2) is 52.3 Å². The number of para-hydroxylation sites is 1. The maximum atomic E-state index is 11.2. The molecule has 98 valence electrons. The van der Waals surface area contributed by atoms with Gasteiger partial charge in [-0.2, -0.15) is 0 Å². The van der Waals surface area contributed by atoms with Crippen LogP contribution in [-0.4, -0.2) is 12.0 Å². The van der Waals surface area contributed by atoms with Crippen molar-refractivity contribution in [2.45, 2.75) is 9.79 Å². The third-order valence-electron chi connectivity index (χ3n) is 2.47. The number of anilines is 1. The Morgan fingerprint density at radius 2 is 2.00 bits per heavy atom. The van der Waals surface area contributed by atoms with E-state index in [9.17, 15) is 10.1 Å². The highest BCUT2D eigenvalue weighted by Gasteiger charge is 2.19. The Kier molecular flexibility index (Phi) is 4.29. The average molecular weight is 295 g/mol. The molecule has 0 aliphatic heterocycles. The lowest BCUT2D eigenvalue weighted by Gasteiger charge is -2.07. The van der Waals surface area contributed by atoms with Gasteiger partial charge in [0.1, 0.15) is 5.69 Å². The molecular formula is C13H11ClN2O2S. The van der Waals surface area contributed by atoms with E-state index in [2.05, 4.69) is 5.32 Å². The van der Waals surface area contributed by atoms with Crippen LogP contribution in [0.5, 0.6) is 0 Å². The van der Waals surface area contributed by atoms with E-state index in [0.29, 0.717) is 15.6 Å². The molecule has 0 fully saturated rings. The van der Waals surface area contributed by atoms with Gasteiger partial charge in [0.2, 0.25) is 0 Å². The third kappa shape index (κ3) is 3.19. The first-order valence-electron chi connectivity index (χ1n) is 5.50. The zero-order valence-electron chi connectivity index (χ0n) is 10.1. The lowest BCUT2D eigenvalue weighted by Crippen LogP contribution is -1.98. The van der Waals surface area contributed by atoms with Gasteiger partial charge in [0, 0.05) is 17.0 Å². The minimum absolute atomic E-state index is 0.0787. The van der Waals surface area contributed by atoms with Gasteiger partial charge in [-0.3, -0.25) is 10.1 Å². The van der Waals surface area contributed by atoms with E-state index in [1.165, 1.54) is 11.8 Å². The molecule has 0 saturated carbocycles. The first-order valence-corrected chi connectivity index (χ1v) is 6.70. The number of nitro benzene ring substituents is 1. The molecule has 1 N–H and O–H groups in total. The van der Waals surface area contributed by atoms with Crippen LogP contribution in [0, 0.1) is 10.1 Å². The van der Waals surface area contributed by atoms with Gasteiger partial charge in [0.25, 0.3) is 0 Å². The highest BCUT2D eigenvalue weighted by molar-refractivity contribution is 7.99. The van der Waals surface area contributed by atoms with E-state index in [0.717, 1.165) is 4.90 Å². The van der Waals surface area contributed by atoms with Crippen molar-refractivity contribution in [3.8, 4) is 0 Å². The van der Waals surface area contributed by atoms with Gasteiger partial charge in [-0.15, -0.1) is 0 Å². The summed E-state index contributed by atoms with van der Waals surface area (Å²) in [6, 6.07) is 12.4. The molecule has 2 aromatic rings. The van der Waals surface area contributed by atoms with Gasteiger partial charge in [-0.1, -0.05) is 35.5 Å². The van der Waals surface area contributed by atoms with Crippen molar-refractivity contribution >= 4 is 34.7 Å². The molecule has 4 nitrogen and oxygen atoms in total. The Hall–Kier alpha value is -1.72. The van der Waals surface area contributed by atoms with Gasteiger partial charge in [0.05, 0.1) is 9.82 Å². The highest BCUT2D eigenvalue weighted by atomic mass is 35.5. The second kappa shape index (κ2) is 5.95. The molecule has 0 heterocycles. The fourth-order valence-corrected chi connectivity index (χ4v) is 2.92. The maximum Gasteiger partial charge on any atom is 0.306 e. The van der Waals surface area contributed by atoms with Crippen LogP contribution in [0.3, 0.4) is 0 Å². The topological polar surface area (TPSA) is 55.2 Å². The molecular weight excluding hydrogens is 284 g/mol. The molecule has 0 radical (unpaired) electrons. The molecule has 6 heteroatoms. The zero-order valence-corrected chi connectivity index (χ0v) is 11.7. The molecule has 0 aromatic heterocycles. The Morgan fingerprint density at radius 1 is 1.26 bits per heavy atom. The summed E-state index contributed by atoms with van der Waals surface area (Å²) in [5.41, 5.74) is 0.576. The van der Waals surface area contributed by atoms with Crippen LogP contribution in [-0.2, 0) is 0 Å². The molecule has 2 rings (SSSR count). The van der Waals surface area contributed by atoms with E-state index in [-0.39, 0.29) is 10.6 Å². The molecule has 0 unspecified atom stereocenters. The van der Waals surface area contributed by atoms with Crippen molar-refractivity contribution in [2.75, 3.05) is 12.4 Å². The van der Waals surface area contributed by atoms with E-state index in [4.69, 9.17) is 11.6 Å². The van der Waals surface area contributed by atoms with Crippen molar-refractivity contribution in [3.63, 3.8) is 0 Å². The number of benzene rings is 2. The minimum Gasteiger partial charge on any atom is -0.383 e. The van der Waals surface area contributed by atoms with Crippen LogP contribution >= 0.6 is 23.4 Å². The van der Waals surface area contributed by atoms with Crippen molar-refractivity contribution in [1.82, 2.24) is 0 Å². The lowest BCUT2D eigenvalue weighted by atomic mass is 10.2. The molecule has 2 aromatic carbocycles. The summed E-state index contributed by atoms with van der Waals surface area (Å²) in [5.74, 6) is 0. The van der Waals surface area contributed by atoms with E-state index in [1.54, 1.807) is 37.4 Å². The predicted octanol–water partition coefficient (Wildman–Crippen LogP) is 4.44. The van der Waals surface area contributed by atoms with E-state index >= 15 is 0 Å². The quantitative estimate of drug-likeness (QED) is 0.669. The second-order valence-electron chi connectivity index (χ2n) is 3.72. The Bertz CT molecular complexity index is 619. The number of halogens is 1. The van der Waals surface area contributed by atoms with Crippen LogP contribution in [0.25, 0.3) is 0 Å². The number of nitrogens with one attached hydrogen (secondary N) is 1. The number of hydrogen-bond donors (Lipinski definition) is 1. The Balaban J connectivity index is 2.42. The van der Waals surface area contributed by atoms with Crippen LogP contribution in [0.1, 0.15) is 0 Å². The van der Waals surface area contributed by atoms with Crippen molar-refractivity contribution < 1.29 is 4.92 Å². The van der Waals surface area contributed by atoms with Crippen LogP contribution in [0.2, 0.25) is 5.02 Å². The van der Waals surface area contributed by atoms with Gasteiger partial charge in [-0.25, -0.2) is 0 Å². The fraction of sp³-hybridized carbons (Fsp3) is 0.0769. The van der Waals surface area contributed by atoms with Crippen molar-refractivity contribution in [3.05, 3.63) is 57.6 Å². The lowest BCUT2D eigenvalue weighted by molar-refractivity contribution is -0.386. The van der Waals surface area contributed by atoms with E-state index < -0.39 is 0 Å². The minimum atomic E-state index is -0.376. The molecule has 0 aliphatic carbocycles. The fourth-order valence-electron chi connectivity index (χ4n) is 1.65. The molecule has 0 atom stereocenters. The van der Waals surface area contributed by atoms with Gasteiger partial charge in [-0.05, 0) is 30.3 Å². The predicted molar refractivity (Wildman–Crippen MR) is 78.2 cm³/mol. The monoisotopic (exact) mass is 294 g/mol. The normalized spacial score (nSPS) is 10.2. The summed E-state index contributed by atoms with van der Waals surface area (Å²) < 4.78 is 0. The summed E-state index contributed by atoms with van der Waals surface area (Å²) in [5, 5.41) is 14.6. The molecule has 19 heavy (non-hydrogen) atoms. The summed E-state index contributed by atoms with van der Waals surface area (Å²) in [7, 11) is 1.66. The Morgan fingerprint density at radius 3 is 2.63 bits per heavy atom. The summed E-state index contributed by atoms with van der Waals surface area (Å²) in [6.45, 7) is 0. The zero-order chi connectivity index (χ0) is 13.8. The summed E-state index contributed by atoms with van der Waals surface area (Å²) >= 11 is 7.23. The number of nitrogens with zero attached hydrogens (tertiary/aromatic N) is 1. The van der Waals surface area contributed by atoms with Crippen molar-refractivity contribution in [1.29, 1.82) is 0 Å². The standard InChI is InChI=1S/C13H11ClN2O2S/c1-15-11-6-3-7-12(13(11)16(17)18)19-10-5-2-4-9(14)8-10/h2-8,15H,1H3. The molecule has 0 bridgehead atoms. The maximum absolute atomic E-state index is 11.2. The number of rotatable bonds is 4. The van der Waals surface area contributed by atoms with Gasteiger partial charge >= 0.3 is 5.69 Å². The first kappa shape index (κ1) is 13.7. The highest BCUT2D eigenvalue weighted by Crippen LogP contribution is 2.39. The first-order chi connectivity index (χ1) is 9.11. The summed E-state index contributed by atoms with van der Waals surface area (Å²) in [4.78, 5) is 12.3. The molecule has 0 aliphatic rings. The third-order valence-corrected chi connectivity index (χ3v) is 3.75. The van der Waals surface area contributed by atoms with Gasteiger partial charge in [0.15, 0.2) is 0 Å². The van der Waals surface area contributed by atoms with Crippen LogP contribution in [0.4, 0.5) is 11.4 Å². The van der Waals surface area contributed by atoms with Crippen molar-refractivity contribution in [2.24, 2.45) is 0 Å². The van der Waals surface area contributed by atoms with E-state index in [1.807, 2.05) is 12.1 Å². The summed E-state index contributed by atoms with van der Waals surface area (Å²) in [6.07, 6.45) is 0. The second-order valence-corrected chi connectivity index (χ2v) is 5.27. The molecule has 0 amide bonds. The largest absolute Gasteiger partial charge is 0.383 e. The SMILES string of the molecule is CNc1cccc(Sc2cccc(Cl)c2)c1[N+](=O)[O-]. The van der Waals surface area contributed by atoms with Gasteiger partial charge < -0.3 is 5.32 Å². The number of hydrogen-bond acceptors (Lipinski definition) is 4. The molecule has 0 saturated heterocycles. The van der Waals surface area contributed by atoms with Crippen LogP contribution < -0.4 is 5.32 Å². The number of nitro groups is 1. The Labute approximate surface area is 119 Å². The molecule has 0 spiro atoms. The average Bonchev–Trinajstić information content (AvgIpc) is 2.38. The smallest absolute Gasteiger partial charge is 0.306 e.